The third-order valence-corrected chi connectivity index (χ3v) is 3.49. The molecule has 2 N–H and O–H groups in total. The average molecular weight is 265 g/mol. The van der Waals surface area contributed by atoms with Crippen LogP contribution < -0.4 is 43.5 Å². The van der Waals surface area contributed by atoms with Crippen molar-refractivity contribution in [3.63, 3.8) is 0 Å². The Morgan fingerprint density at radius 2 is 1.41 bits per heavy atom. The number of anilines is 1. The number of nitrogens with two attached hydrogens (primary N) is 1. The normalized spacial score (nSPS) is 11.2. The van der Waals surface area contributed by atoms with Crippen LogP contribution in [0.5, 0.6) is 0 Å². The summed E-state index contributed by atoms with van der Waals surface area (Å²) in [7, 11) is -10.1. The van der Waals surface area contributed by atoms with Crippen molar-refractivity contribution in [3.05, 3.63) is 18.2 Å². The molecule has 0 aromatic heterocycles. The van der Waals surface area contributed by atoms with Crippen LogP contribution in [0.3, 0.4) is 0 Å². The fourth-order valence-electron chi connectivity index (χ4n) is 0.997. The van der Waals surface area contributed by atoms with Crippen LogP contribution in [-0.2, 0) is 20.2 Å². The first-order chi connectivity index (χ1) is 6.64. The van der Waals surface area contributed by atoms with Crippen LogP contribution >= 0.6 is 0 Å². The summed E-state index contributed by atoms with van der Waals surface area (Å²) in [6, 6.07) is 2.79. The van der Waals surface area contributed by atoms with Crippen molar-refractivity contribution in [2.45, 2.75) is 9.79 Å². The molecule has 11 heteroatoms. The van der Waals surface area contributed by atoms with Crippen LogP contribution in [0.15, 0.2) is 28.0 Å². The van der Waals surface area contributed by atoms with E-state index in [2.05, 4.69) is 0 Å². The van der Waals surface area contributed by atoms with E-state index in [9.17, 15) is 25.9 Å². The molecule has 7 nitrogen and oxygen atoms in total. The van der Waals surface area contributed by atoms with Crippen molar-refractivity contribution in [1.29, 1.82) is 0 Å². The van der Waals surface area contributed by atoms with E-state index in [0.717, 1.165) is 12.1 Å². The molecule has 0 saturated heterocycles. The topological polar surface area (TPSA) is 140 Å². The van der Waals surface area contributed by atoms with Crippen molar-refractivity contribution in [1.82, 2.24) is 0 Å². The van der Waals surface area contributed by atoms with Crippen molar-refractivity contribution in [2.24, 2.45) is 0 Å². The van der Waals surface area contributed by atoms with Gasteiger partial charge in [0.25, 0.3) is 0 Å². The molecule has 0 aliphatic rings. The molecule has 0 radical (unpaired) electrons. The first-order valence-corrected chi connectivity index (χ1v) is 6.26. The van der Waals surface area contributed by atoms with E-state index < -0.39 is 35.7 Å². The Balaban J connectivity index is 0. The molecule has 0 bridgehead atoms. The van der Waals surface area contributed by atoms with Crippen LogP contribution in [0, 0.1) is 0 Å². The van der Waals surface area contributed by atoms with Crippen LogP contribution in [0.2, 0.25) is 0 Å². The van der Waals surface area contributed by atoms with Gasteiger partial charge in [0.05, 0.1) is 15.5 Å². The van der Waals surface area contributed by atoms with Gasteiger partial charge in [-0.3, -0.25) is 0 Å². The largest absolute Gasteiger partial charge is 1.00 e. The summed E-state index contributed by atoms with van der Waals surface area (Å²) in [5.74, 6) is 0. The Hall–Kier alpha value is 0.0348. The zero-order valence-electron chi connectivity index (χ0n) is 9.08. The summed E-state index contributed by atoms with van der Waals surface area (Å²) in [5, 5.41) is 0. The van der Waals surface area contributed by atoms with E-state index in [0.29, 0.717) is 6.07 Å². The molecule has 0 heterocycles. The third kappa shape index (κ3) is 4.66. The van der Waals surface area contributed by atoms with Gasteiger partial charge in [-0.1, -0.05) is 6.07 Å². The van der Waals surface area contributed by atoms with E-state index in [1.54, 1.807) is 0 Å². The van der Waals surface area contributed by atoms with Gasteiger partial charge in [0.15, 0.2) is 0 Å². The molecule has 0 aliphatic carbocycles. The maximum absolute atomic E-state index is 10.7. The van der Waals surface area contributed by atoms with Crippen molar-refractivity contribution >= 4 is 25.9 Å². The molecule has 17 heavy (non-hydrogen) atoms. The number of rotatable bonds is 2. The fraction of sp³-hybridized carbons (Fsp3) is 0. The van der Waals surface area contributed by atoms with E-state index >= 15 is 0 Å². The van der Waals surface area contributed by atoms with Gasteiger partial charge in [0.2, 0.25) is 0 Å². The predicted octanol–water partition coefficient (Wildman–Crippen LogP) is -6.92. The summed E-state index contributed by atoms with van der Waals surface area (Å²) >= 11 is 0. The maximum Gasteiger partial charge on any atom is 1.00 e. The molecule has 0 saturated carbocycles. The molecule has 1 aromatic rings. The predicted molar refractivity (Wildman–Crippen MR) is 46.8 cm³/mol. The van der Waals surface area contributed by atoms with Gasteiger partial charge in [-0.25, -0.2) is 16.8 Å². The molecule has 1 rings (SSSR count). The first-order valence-electron chi connectivity index (χ1n) is 3.44. The standard InChI is InChI=1S/C6H7NO6S2.2Li/c7-4-2-1-3-5(14(8,9)10)6(4)15(11,12)13;;/h1-3H,7H2,(H,8,9,10)(H,11,12,13);;/q;2*+1/p-2. The molecule has 0 spiro atoms. The van der Waals surface area contributed by atoms with Crippen molar-refractivity contribution < 1.29 is 63.7 Å². The summed E-state index contributed by atoms with van der Waals surface area (Å²) in [5.41, 5.74) is 4.55. The fourth-order valence-corrected chi connectivity index (χ4v) is 2.87. The Labute approximate surface area is 123 Å². The van der Waals surface area contributed by atoms with E-state index in [-0.39, 0.29) is 37.7 Å². The summed E-state index contributed by atoms with van der Waals surface area (Å²) in [6.07, 6.45) is 0. The summed E-state index contributed by atoms with van der Waals surface area (Å²) in [4.78, 5) is -2.32. The Morgan fingerprint density at radius 1 is 0.941 bits per heavy atom. The molecule has 0 fully saturated rings. The molecule has 1 aromatic carbocycles. The monoisotopic (exact) mass is 265 g/mol. The Morgan fingerprint density at radius 3 is 1.71 bits per heavy atom. The van der Waals surface area contributed by atoms with Gasteiger partial charge < -0.3 is 14.8 Å². The van der Waals surface area contributed by atoms with Crippen LogP contribution in [-0.4, -0.2) is 25.9 Å². The van der Waals surface area contributed by atoms with Gasteiger partial charge in [-0.15, -0.1) is 0 Å². The number of nitrogen functional groups attached to an aromatic ring is 1. The van der Waals surface area contributed by atoms with Crippen molar-refractivity contribution in [2.75, 3.05) is 5.73 Å². The molecule has 0 unspecified atom stereocenters. The zero-order valence-corrected chi connectivity index (χ0v) is 10.7. The van der Waals surface area contributed by atoms with Crippen molar-refractivity contribution in [3.8, 4) is 0 Å². The smallest absolute Gasteiger partial charge is 0.744 e. The second-order valence-corrected chi connectivity index (χ2v) is 5.25. The van der Waals surface area contributed by atoms with E-state index in [4.69, 9.17) is 5.73 Å². The number of hydrogen-bond acceptors (Lipinski definition) is 7. The Kier molecular flexibility index (Phi) is 7.15. The van der Waals surface area contributed by atoms with Gasteiger partial charge in [-0.2, -0.15) is 0 Å². The minimum atomic E-state index is -5.10. The van der Waals surface area contributed by atoms with Gasteiger partial charge in [0, 0.05) is 0 Å². The first kappa shape index (κ1) is 19.4. The number of benzene rings is 1. The minimum absolute atomic E-state index is 0. The average Bonchev–Trinajstić information content (AvgIpc) is 1.99. The second-order valence-electron chi connectivity index (χ2n) is 2.58. The minimum Gasteiger partial charge on any atom is -0.744 e. The zero-order chi connectivity index (χ0) is 11.9. The van der Waals surface area contributed by atoms with Crippen LogP contribution in [0.4, 0.5) is 5.69 Å². The molecule has 0 amide bonds. The molecule has 0 atom stereocenters. The number of hydrogen-bond donors (Lipinski definition) is 1. The molecular formula is C6H5Li2NO6S2. The van der Waals surface area contributed by atoms with E-state index in [1.165, 1.54) is 0 Å². The molecule has 84 valence electrons. The van der Waals surface area contributed by atoms with Gasteiger partial charge in [-0.05, 0) is 12.1 Å². The third-order valence-electron chi connectivity index (χ3n) is 1.53. The maximum atomic E-state index is 10.7. The Bertz CT molecular complexity index is 597. The van der Waals surface area contributed by atoms with Crippen LogP contribution in [0.25, 0.3) is 0 Å². The quantitative estimate of drug-likeness (QED) is 0.318. The molecular weight excluding hydrogens is 260 g/mol. The van der Waals surface area contributed by atoms with E-state index in [1.807, 2.05) is 0 Å². The molecule has 0 aliphatic heterocycles. The summed E-state index contributed by atoms with van der Waals surface area (Å²) in [6.45, 7) is 0. The van der Waals surface area contributed by atoms with Gasteiger partial charge >= 0.3 is 37.7 Å². The summed E-state index contributed by atoms with van der Waals surface area (Å²) < 4.78 is 64.0. The van der Waals surface area contributed by atoms with Crippen LogP contribution in [0.1, 0.15) is 0 Å². The SMILES string of the molecule is Nc1cccc(S(=O)(=O)[O-])c1S(=O)(=O)[O-].[Li+].[Li+]. The second kappa shape index (κ2) is 6.27. The van der Waals surface area contributed by atoms with Gasteiger partial charge in [0.1, 0.15) is 20.2 Å².